The summed E-state index contributed by atoms with van der Waals surface area (Å²) in [6, 6.07) is 8.12. The fourth-order valence-electron chi connectivity index (χ4n) is 0.712. The van der Waals surface area contributed by atoms with E-state index in [1.807, 2.05) is 12.1 Å². The number of benzene rings is 1. The van der Waals surface area contributed by atoms with Crippen LogP contribution in [0.25, 0.3) is 0 Å². The molecule has 0 aliphatic heterocycles. The summed E-state index contributed by atoms with van der Waals surface area (Å²) in [6.07, 6.45) is 0. The van der Waals surface area contributed by atoms with Crippen LogP contribution in [0.2, 0.25) is 0 Å². The van der Waals surface area contributed by atoms with Gasteiger partial charge >= 0.3 is 10.4 Å². The summed E-state index contributed by atoms with van der Waals surface area (Å²) in [4.78, 5) is 0. The Balaban J connectivity index is 0.000000255. The average Bonchev–Trinajstić information content (AvgIpc) is 2.03. The fraction of sp³-hybridized carbons (Fsp3) is 0.250. The van der Waals surface area contributed by atoms with Crippen molar-refractivity contribution < 1.29 is 22.9 Å². The summed E-state index contributed by atoms with van der Waals surface area (Å²) >= 11 is 0. The molecule has 0 atom stereocenters. The lowest BCUT2D eigenvalue weighted by Gasteiger charge is -1.87. The SMILES string of the molecule is COS(=O)(=O)O.Cc1cccc([NH3+])c1. The van der Waals surface area contributed by atoms with Gasteiger partial charge in [-0.3, -0.25) is 8.74 Å². The number of hydrogen-bond acceptors (Lipinski definition) is 3. The van der Waals surface area contributed by atoms with Crippen LogP contribution < -0.4 is 5.73 Å². The van der Waals surface area contributed by atoms with Gasteiger partial charge in [0.05, 0.1) is 7.11 Å². The Morgan fingerprint density at radius 2 is 1.93 bits per heavy atom. The molecule has 0 aromatic heterocycles. The second-order valence-corrected chi connectivity index (χ2v) is 3.77. The minimum absolute atomic E-state index is 0.870. The molecule has 0 spiro atoms. The Kier molecular flexibility index (Phi) is 5.32. The normalized spacial score (nSPS) is 10.3. The molecular formula is C8H14NO4S+. The van der Waals surface area contributed by atoms with Gasteiger partial charge in [0.2, 0.25) is 0 Å². The smallest absolute Gasteiger partial charge is 0.325 e. The average molecular weight is 220 g/mol. The second kappa shape index (κ2) is 5.71. The summed E-state index contributed by atoms with van der Waals surface area (Å²) in [5.41, 5.74) is 6.14. The highest BCUT2D eigenvalue weighted by atomic mass is 32.3. The first kappa shape index (κ1) is 13.1. The Hall–Kier alpha value is -0.950. The molecule has 0 unspecified atom stereocenters. The first-order valence-corrected chi connectivity index (χ1v) is 5.13. The van der Waals surface area contributed by atoms with Gasteiger partial charge in [0.1, 0.15) is 5.69 Å². The van der Waals surface area contributed by atoms with E-state index in [1.165, 1.54) is 5.56 Å². The summed E-state index contributed by atoms with van der Waals surface area (Å²) < 4.78 is 29.7. The van der Waals surface area contributed by atoms with Crippen molar-refractivity contribution in [1.82, 2.24) is 0 Å². The van der Waals surface area contributed by atoms with E-state index in [-0.39, 0.29) is 0 Å². The van der Waals surface area contributed by atoms with Crippen LogP contribution in [0, 0.1) is 6.92 Å². The fourth-order valence-corrected chi connectivity index (χ4v) is 0.712. The van der Waals surface area contributed by atoms with Crippen LogP contribution >= 0.6 is 0 Å². The van der Waals surface area contributed by atoms with E-state index in [0.29, 0.717) is 0 Å². The van der Waals surface area contributed by atoms with Gasteiger partial charge in [-0.05, 0) is 18.6 Å². The van der Waals surface area contributed by atoms with E-state index in [2.05, 4.69) is 29.0 Å². The van der Waals surface area contributed by atoms with Crippen LogP contribution in [-0.4, -0.2) is 20.1 Å². The predicted octanol–water partition coefficient (Wildman–Crippen LogP) is 0.304. The van der Waals surface area contributed by atoms with Crippen LogP contribution in [0.3, 0.4) is 0 Å². The van der Waals surface area contributed by atoms with Gasteiger partial charge in [0, 0.05) is 6.07 Å². The van der Waals surface area contributed by atoms with Crippen LogP contribution in [0.15, 0.2) is 24.3 Å². The lowest BCUT2D eigenvalue weighted by atomic mass is 10.2. The molecule has 4 N–H and O–H groups in total. The van der Waals surface area contributed by atoms with E-state index in [9.17, 15) is 8.42 Å². The number of rotatable bonds is 1. The van der Waals surface area contributed by atoms with Crippen molar-refractivity contribution in [2.75, 3.05) is 7.11 Å². The van der Waals surface area contributed by atoms with Crippen LogP contribution in [0.4, 0.5) is 5.69 Å². The van der Waals surface area contributed by atoms with Crippen molar-refractivity contribution >= 4 is 16.1 Å². The maximum Gasteiger partial charge on any atom is 0.397 e. The summed E-state index contributed by atoms with van der Waals surface area (Å²) in [5.74, 6) is 0. The van der Waals surface area contributed by atoms with Crippen LogP contribution in [0.1, 0.15) is 5.56 Å². The molecule has 0 aliphatic carbocycles. The minimum atomic E-state index is -4.16. The molecule has 0 fully saturated rings. The summed E-state index contributed by atoms with van der Waals surface area (Å²) in [6.45, 7) is 2.06. The molecule has 0 aliphatic rings. The quantitative estimate of drug-likeness (QED) is 0.666. The lowest BCUT2D eigenvalue weighted by molar-refractivity contribution is -0.254. The largest absolute Gasteiger partial charge is 0.397 e. The molecule has 1 aromatic rings. The van der Waals surface area contributed by atoms with E-state index >= 15 is 0 Å². The zero-order valence-electron chi connectivity index (χ0n) is 8.10. The Labute approximate surface area is 83.5 Å². The van der Waals surface area contributed by atoms with Crippen molar-refractivity contribution in [2.45, 2.75) is 6.92 Å². The highest BCUT2D eigenvalue weighted by molar-refractivity contribution is 7.80. The van der Waals surface area contributed by atoms with E-state index < -0.39 is 10.4 Å². The zero-order chi connectivity index (χ0) is 11.2. The van der Waals surface area contributed by atoms with Crippen LogP contribution in [0.5, 0.6) is 0 Å². The summed E-state index contributed by atoms with van der Waals surface area (Å²) in [5, 5.41) is 0. The van der Waals surface area contributed by atoms with Crippen molar-refractivity contribution in [2.24, 2.45) is 0 Å². The van der Waals surface area contributed by atoms with Gasteiger partial charge in [-0.2, -0.15) is 8.42 Å². The minimum Gasteiger partial charge on any atom is -0.325 e. The van der Waals surface area contributed by atoms with E-state index in [4.69, 9.17) is 4.55 Å². The van der Waals surface area contributed by atoms with Gasteiger partial charge < -0.3 is 5.73 Å². The Bertz CT molecular complexity index is 357. The molecule has 0 amide bonds. The monoisotopic (exact) mass is 220 g/mol. The van der Waals surface area contributed by atoms with Crippen molar-refractivity contribution in [3.05, 3.63) is 29.8 Å². The van der Waals surface area contributed by atoms with E-state index in [0.717, 1.165) is 12.8 Å². The molecule has 0 heterocycles. The predicted molar refractivity (Wildman–Crippen MR) is 52.3 cm³/mol. The zero-order valence-corrected chi connectivity index (χ0v) is 8.91. The Morgan fingerprint density at radius 1 is 1.43 bits per heavy atom. The van der Waals surface area contributed by atoms with Crippen molar-refractivity contribution in [3.63, 3.8) is 0 Å². The molecule has 0 saturated heterocycles. The standard InChI is InChI=1S/C7H9N.CH4O4S/c1-6-3-2-4-7(8)5-6;1-5-6(2,3)4/h2-5H,8H2,1H3;1H3,(H,2,3,4)/p+1. The van der Waals surface area contributed by atoms with Crippen molar-refractivity contribution in [1.29, 1.82) is 0 Å². The van der Waals surface area contributed by atoms with Gasteiger partial charge in [-0.15, -0.1) is 0 Å². The van der Waals surface area contributed by atoms with Gasteiger partial charge in [0.25, 0.3) is 0 Å². The third kappa shape index (κ3) is 7.69. The molecule has 6 heteroatoms. The lowest BCUT2D eigenvalue weighted by Crippen LogP contribution is -2.39. The van der Waals surface area contributed by atoms with Crippen LogP contribution in [-0.2, 0) is 14.6 Å². The molecule has 0 radical (unpaired) electrons. The first-order chi connectivity index (χ1) is 6.35. The van der Waals surface area contributed by atoms with Gasteiger partial charge in [0.15, 0.2) is 0 Å². The van der Waals surface area contributed by atoms with Gasteiger partial charge in [-0.25, -0.2) is 0 Å². The second-order valence-electron chi connectivity index (χ2n) is 2.58. The molecule has 1 rings (SSSR count). The maximum atomic E-state index is 9.33. The molecule has 1 aromatic carbocycles. The van der Waals surface area contributed by atoms with E-state index in [1.54, 1.807) is 0 Å². The van der Waals surface area contributed by atoms with Gasteiger partial charge in [-0.1, -0.05) is 12.1 Å². The highest BCUT2D eigenvalue weighted by Gasteiger charge is 1.94. The summed E-state index contributed by atoms with van der Waals surface area (Å²) in [7, 11) is -3.29. The first-order valence-electron chi connectivity index (χ1n) is 3.77. The van der Waals surface area contributed by atoms with Crippen molar-refractivity contribution in [3.8, 4) is 0 Å². The molecule has 5 nitrogen and oxygen atoms in total. The third-order valence-electron chi connectivity index (χ3n) is 1.29. The molecule has 0 saturated carbocycles. The number of hydrogen-bond donors (Lipinski definition) is 2. The molecule has 0 bridgehead atoms. The highest BCUT2D eigenvalue weighted by Crippen LogP contribution is 2.01. The number of quaternary nitrogens is 1. The molecule has 80 valence electrons. The number of aryl methyl sites for hydroxylation is 1. The third-order valence-corrected chi connectivity index (χ3v) is 1.71. The maximum absolute atomic E-state index is 9.33. The molecular weight excluding hydrogens is 206 g/mol. The molecule has 14 heavy (non-hydrogen) atoms. The topological polar surface area (TPSA) is 91.2 Å². The Morgan fingerprint density at radius 3 is 2.14 bits per heavy atom.